The number of nitrogens with one attached hydrogen (secondary N) is 4. The predicted molar refractivity (Wildman–Crippen MR) is 220 cm³/mol. The second-order valence-electron chi connectivity index (χ2n) is 18.2. The third kappa shape index (κ3) is 12.9. The van der Waals surface area contributed by atoms with Gasteiger partial charge in [-0.05, 0) is 65.2 Å². The van der Waals surface area contributed by atoms with Crippen molar-refractivity contribution >= 4 is 41.4 Å². The van der Waals surface area contributed by atoms with Gasteiger partial charge in [-0.25, -0.2) is 0 Å². The summed E-state index contributed by atoms with van der Waals surface area (Å²) in [5, 5.41) is 11.3. The minimum absolute atomic E-state index is 0.161. The zero-order valence-corrected chi connectivity index (χ0v) is 35.4. The van der Waals surface area contributed by atoms with Gasteiger partial charge in [0, 0.05) is 46.3 Å². The summed E-state index contributed by atoms with van der Waals surface area (Å²) >= 11 is 0. The van der Waals surface area contributed by atoms with E-state index < -0.39 is 42.0 Å². The number of carbonyl (C=O) groups excluding carboxylic acids is 7. The van der Waals surface area contributed by atoms with Crippen molar-refractivity contribution in [2.45, 2.75) is 144 Å². The normalized spacial score (nSPS) is 18.1. The second-order valence-corrected chi connectivity index (χ2v) is 18.2. The maximum atomic E-state index is 14.1. The van der Waals surface area contributed by atoms with Gasteiger partial charge >= 0.3 is 0 Å². The number of rotatable bonds is 15. The van der Waals surface area contributed by atoms with Crippen molar-refractivity contribution in [2.75, 3.05) is 6.54 Å². The lowest BCUT2D eigenvalue weighted by atomic mass is 9.86. The Morgan fingerprint density at radius 2 is 1.03 bits per heavy atom. The summed E-state index contributed by atoms with van der Waals surface area (Å²) in [5.74, 6) is -2.96. The molecule has 0 aliphatic carbocycles. The van der Waals surface area contributed by atoms with Crippen LogP contribution in [0, 0.1) is 10.8 Å². The molecule has 0 spiro atoms. The molecule has 2 aromatic rings. The van der Waals surface area contributed by atoms with E-state index in [0.717, 1.165) is 22.3 Å². The Bertz CT molecular complexity index is 1850. The van der Waals surface area contributed by atoms with Crippen LogP contribution in [0.3, 0.4) is 0 Å². The summed E-state index contributed by atoms with van der Waals surface area (Å²) in [7, 11) is 0. The number of amides is 7. The minimum Gasteiger partial charge on any atom is -0.368 e. The van der Waals surface area contributed by atoms with Crippen LogP contribution in [0.5, 0.6) is 0 Å². The van der Waals surface area contributed by atoms with E-state index in [4.69, 9.17) is 5.73 Å². The molecule has 14 nitrogen and oxygen atoms in total. The van der Waals surface area contributed by atoms with E-state index in [2.05, 4.69) is 21.3 Å². The molecular formula is C44H63N7O7. The molecule has 2 aromatic carbocycles. The van der Waals surface area contributed by atoms with E-state index in [1.54, 1.807) is 4.90 Å². The van der Waals surface area contributed by atoms with Gasteiger partial charge in [-0.1, -0.05) is 90.1 Å². The SMILES string of the molecule is CC(=O)N[C@@H](CC(C)(C)C)C(=O)N1Cc2ccccc2C[C@H]1C(=O)NCCCC[C@H](NC(=O)[C@@H]1Cc2ccccc2CN1C(=O)[C@H](CC(C)(C)C)NC(C)=O)C(N)=O. The Morgan fingerprint density at radius 3 is 1.43 bits per heavy atom. The van der Waals surface area contributed by atoms with E-state index >= 15 is 0 Å². The quantitative estimate of drug-likeness (QED) is 0.171. The van der Waals surface area contributed by atoms with Gasteiger partial charge in [0.25, 0.3) is 0 Å². The van der Waals surface area contributed by atoms with E-state index in [0.29, 0.717) is 32.1 Å². The summed E-state index contributed by atoms with van der Waals surface area (Å²) in [6.45, 7) is 15.2. The largest absolute Gasteiger partial charge is 0.368 e. The smallest absolute Gasteiger partial charge is 0.246 e. The molecule has 0 radical (unpaired) electrons. The van der Waals surface area contributed by atoms with Gasteiger partial charge in [0.1, 0.15) is 30.2 Å². The van der Waals surface area contributed by atoms with Crippen LogP contribution in [0.25, 0.3) is 0 Å². The van der Waals surface area contributed by atoms with Crippen LogP contribution in [0.1, 0.15) is 110 Å². The fraction of sp³-hybridized carbons (Fsp3) is 0.568. The van der Waals surface area contributed by atoms with E-state index in [-0.39, 0.29) is 72.8 Å². The van der Waals surface area contributed by atoms with E-state index in [1.807, 2.05) is 90.1 Å². The predicted octanol–water partition coefficient (Wildman–Crippen LogP) is 3.03. The monoisotopic (exact) mass is 801 g/mol. The standard InChI is InChI=1S/C44H63N7O7/c1-27(52)47-34(23-43(3,4)5)41(57)50-25-31-17-11-9-15-29(31)21-36(50)39(55)46-20-14-13-19-33(38(45)54)49-40(56)37-22-30-16-10-12-18-32(30)26-51(37)42(58)35(48-28(2)53)24-44(6,7)8/h9-12,15-18,33-37H,13-14,19-26H2,1-8H3,(H2,45,54)(H,46,55)(H,47,52)(H,48,53)(H,49,56)/t33-,34-,35-,36-,37-/m0/s1. The lowest BCUT2D eigenvalue weighted by molar-refractivity contribution is -0.145. The molecule has 0 unspecified atom stereocenters. The molecule has 5 atom stereocenters. The molecule has 2 heterocycles. The zero-order chi connectivity index (χ0) is 42.9. The highest BCUT2D eigenvalue weighted by molar-refractivity contribution is 5.95. The molecule has 2 aliphatic heterocycles. The highest BCUT2D eigenvalue weighted by atomic mass is 16.2. The number of carbonyl (C=O) groups is 7. The van der Waals surface area contributed by atoms with Gasteiger partial charge in [0.2, 0.25) is 41.4 Å². The Morgan fingerprint density at radius 1 is 0.621 bits per heavy atom. The van der Waals surface area contributed by atoms with Crippen LogP contribution in [0.4, 0.5) is 0 Å². The van der Waals surface area contributed by atoms with Crippen LogP contribution in [0.15, 0.2) is 48.5 Å². The molecule has 58 heavy (non-hydrogen) atoms. The highest BCUT2D eigenvalue weighted by Crippen LogP contribution is 2.29. The molecule has 0 saturated heterocycles. The zero-order valence-electron chi connectivity index (χ0n) is 35.4. The number of hydrogen-bond donors (Lipinski definition) is 5. The first-order valence-electron chi connectivity index (χ1n) is 20.3. The molecule has 14 heteroatoms. The summed E-state index contributed by atoms with van der Waals surface area (Å²) in [6.07, 6.45) is 2.36. The van der Waals surface area contributed by atoms with Crippen LogP contribution in [0.2, 0.25) is 0 Å². The molecule has 0 saturated carbocycles. The van der Waals surface area contributed by atoms with Gasteiger partial charge in [0.15, 0.2) is 0 Å². The maximum absolute atomic E-state index is 14.1. The fourth-order valence-electron chi connectivity index (χ4n) is 7.85. The number of hydrogen-bond acceptors (Lipinski definition) is 7. The topological polar surface area (TPSA) is 200 Å². The molecule has 7 amide bonds. The van der Waals surface area contributed by atoms with Crippen molar-refractivity contribution in [1.82, 2.24) is 31.1 Å². The Balaban J connectivity index is 1.41. The Kier molecular flexibility index (Phi) is 15.2. The maximum Gasteiger partial charge on any atom is 0.246 e. The molecular weight excluding hydrogens is 739 g/mol. The van der Waals surface area contributed by atoms with Crippen molar-refractivity contribution in [1.29, 1.82) is 0 Å². The lowest BCUT2D eigenvalue weighted by Gasteiger charge is -2.39. The summed E-state index contributed by atoms with van der Waals surface area (Å²) in [5.41, 5.74) is 8.93. The minimum atomic E-state index is -1.03. The first kappa shape index (κ1) is 45.4. The Labute approximate surface area is 342 Å². The highest BCUT2D eigenvalue weighted by Gasteiger charge is 2.41. The molecule has 0 fully saturated rings. The lowest BCUT2D eigenvalue weighted by Crippen LogP contribution is -2.59. The summed E-state index contributed by atoms with van der Waals surface area (Å²) in [6, 6.07) is 10.8. The van der Waals surface area contributed by atoms with Crippen LogP contribution in [-0.2, 0) is 59.5 Å². The first-order chi connectivity index (χ1) is 27.1. The van der Waals surface area contributed by atoms with Crippen LogP contribution in [-0.4, -0.2) is 87.9 Å². The average Bonchev–Trinajstić information content (AvgIpc) is 3.13. The number of nitrogens with two attached hydrogens (primary N) is 1. The molecule has 316 valence electrons. The van der Waals surface area contributed by atoms with Crippen molar-refractivity contribution < 1.29 is 33.6 Å². The van der Waals surface area contributed by atoms with Crippen LogP contribution < -0.4 is 27.0 Å². The third-order valence-electron chi connectivity index (χ3n) is 10.5. The first-order valence-corrected chi connectivity index (χ1v) is 20.3. The number of unbranched alkanes of at least 4 members (excludes halogenated alkanes) is 1. The van der Waals surface area contributed by atoms with Gasteiger partial charge < -0.3 is 36.8 Å². The van der Waals surface area contributed by atoms with Crippen molar-refractivity contribution in [3.8, 4) is 0 Å². The van der Waals surface area contributed by atoms with E-state index in [9.17, 15) is 33.6 Å². The average molecular weight is 802 g/mol. The molecule has 0 bridgehead atoms. The molecule has 6 N–H and O–H groups in total. The summed E-state index contributed by atoms with van der Waals surface area (Å²) in [4.78, 5) is 95.8. The summed E-state index contributed by atoms with van der Waals surface area (Å²) < 4.78 is 0. The number of benzene rings is 2. The van der Waals surface area contributed by atoms with Gasteiger partial charge in [-0.15, -0.1) is 0 Å². The van der Waals surface area contributed by atoms with Crippen molar-refractivity contribution in [2.24, 2.45) is 16.6 Å². The number of fused-ring (bicyclic) bond motifs is 2. The van der Waals surface area contributed by atoms with Crippen molar-refractivity contribution in [3.05, 3.63) is 70.8 Å². The van der Waals surface area contributed by atoms with Gasteiger partial charge in [0.05, 0.1) is 0 Å². The molecule has 0 aromatic heterocycles. The van der Waals surface area contributed by atoms with Crippen molar-refractivity contribution in [3.63, 3.8) is 0 Å². The number of primary amides is 1. The Hall–Kier alpha value is -5.27. The van der Waals surface area contributed by atoms with Crippen LogP contribution >= 0.6 is 0 Å². The molecule has 2 aliphatic rings. The van der Waals surface area contributed by atoms with Gasteiger partial charge in [-0.3, -0.25) is 33.6 Å². The second kappa shape index (κ2) is 19.5. The van der Waals surface area contributed by atoms with Gasteiger partial charge in [-0.2, -0.15) is 0 Å². The third-order valence-corrected chi connectivity index (χ3v) is 10.5. The number of nitrogens with zero attached hydrogens (tertiary/aromatic N) is 2. The molecule has 4 rings (SSSR count). The van der Waals surface area contributed by atoms with E-state index in [1.165, 1.54) is 18.7 Å². The fourth-order valence-corrected chi connectivity index (χ4v) is 7.85.